The molecule has 3 aliphatic carbocycles. The highest BCUT2D eigenvalue weighted by Gasteiger charge is 2.61. The first-order chi connectivity index (χ1) is 14.4. The molecule has 0 bridgehead atoms. The summed E-state index contributed by atoms with van der Waals surface area (Å²) in [5.41, 5.74) is -0.611. The van der Waals surface area contributed by atoms with E-state index in [9.17, 15) is 24.6 Å². The van der Waals surface area contributed by atoms with Crippen LogP contribution in [0.4, 0.5) is 0 Å². The summed E-state index contributed by atoms with van der Waals surface area (Å²) < 4.78 is 10.9. The van der Waals surface area contributed by atoms with Gasteiger partial charge in [-0.3, -0.25) is 14.4 Å². The molecule has 0 aromatic rings. The van der Waals surface area contributed by atoms with Crippen LogP contribution in [-0.4, -0.2) is 53.2 Å². The molecule has 0 aromatic heterocycles. The van der Waals surface area contributed by atoms with E-state index in [-0.39, 0.29) is 47.0 Å². The molecule has 0 saturated heterocycles. The van der Waals surface area contributed by atoms with Crippen molar-refractivity contribution in [1.82, 2.24) is 0 Å². The maximum atomic E-state index is 13.5. The Balaban J connectivity index is 2.24. The molecule has 7 heteroatoms. The van der Waals surface area contributed by atoms with Crippen molar-refractivity contribution in [1.29, 1.82) is 0 Å². The zero-order valence-electron chi connectivity index (χ0n) is 19.3. The topological polar surface area (TPSA) is 110 Å². The average Bonchev–Trinajstić information content (AvgIpc) is 2.65. The maximum Gasteiger partial charge on any atom is 0.302 e. The van der Waals surface area contributed by atoms with Crippen LogP contribution in [0.5, 0.6) is 0 Å². The van der Waals surface area contributed by atoms with Crippen molar-refractivity contribution >= 4 is 17.5 Å². The van der Waals surface area contributed by atoms with Crippen LogP contribution in [-0.2, 0) is 23.9 Å². The largest absolute Gasteiger partial charge is 0.507 e. The van der Waals surface area contributed by atoms with Gasteiger partial charge in [0, 0.05) is 41.9 Å². The lowest BCUT2D eigenvalue weighted by molar-refractivity contribution is -0.146. The molecule has 1 saturated carbocycles. The van der Waals surface area contributed by atoms with E-state index in [2.05, 4.69) is 13.8 Å². The van der Waals surface area contributed by atoms with Crippen molar-refractivity contribution in [2.45, 2.75) is 73.0 Å². The first kappa shape index (κ1) is 23.7. The van der Waals surface area contributed by atoms with Gasteiger partial charge >= 0.3 is 5.97 Å². The standard InChI is InChI=1S/C24H34O7/c1-7-30-21-15-16(24(6)10-8-9-23(4,5)22(24)20(21)29)19(28)18(27)14(17(15)26)12(2)11-31-13(3)25/h12,20-22,26,29H,7-11H2,1-6H3/t12?,20?,21?,22?,24-/m1/s1. The van der Waals surface area contributed by atoms with E-state index in [1.807, 2.05) is 6.92 Å². The van der Waals surface area contributed by atoms with Gasteiger partial charge in [0.05, 0.1) is 18.3 Å². The number of esters is 1. The second-order valence-corrected chi connectivity index (χ2v) is 10.0. The van der Waals surface area contributed by atoms with Crippen molar-refractivity contribution in [3.05, 3.63) is 22.5 Å². The van der Waals surface area contributed by atoms with Gasteiger partial charge in [-0.25, -0.2) is 0 Å². The lowest BCUT2D eigenvalue weighted by atomic mass is 9.47. The van der Waals surface area contributed by atoms with Crippen LogP contribution in [0.1, 0.15) is 60.8 Å². The molecule has 3 rings (SSSR count). The van der Waals surface area contributed by atoms with E-state index in [0.717, 1.165) is 12.8 Å². The summed E-state index contributed by atoms with van der Waals surface area (Å²) >= 11 is 0. The van der Waals surface area contributed by atoms with E-state index < -0.39 is 41.1 Å². The molecular formula is C24H34O7. The molecule has 0 spiro atoms. The SMILES string of the molecule is CCOC1C2=C(C(=O)C(=O)C(C(C)COC(C)=O)=C2O)[C@@]2(C)CCCC(C)(C)C2C1O. The fourth-order valence-electron chi connectivity index (χ4n) is 6.27. The van der Waals surface area contributed by atoms with Gasteiger partial charge < -0.3 is 19.7 Å². The van der Waals surface area contributed by atoms with Crippen molar-refractivity contribution < 1.29 is 34.1 Å². The van der Waals surface area contributed by atoms with E-state index in [1.165, 1.54) is 6.92 Å². The number of Topliss-reactive ketones (excluding diaryl/α,β-unsaturated/α-hetero) is 2. The van der Waals surface area contributed by atoms with Crippen LogP contribution in [0.3, 0.4) is 0 Å². The average molecular weight is 435 g/mol. The third-order valence-electron chi connectivity index (χ3n) is 7.39. The Morgan fingerprint density at radius 1 is 1.19 bits per heavy atom. The van der Waals surface area contributed by atoms with Crippen molar-refractivity contribution in [3.8, 4) is 0 Å². The van der Waals surface area contributed by atoms with Gasteiger partial charge in [-0.15, -0.1) is 0 Å². The number of ketones is 2. The van der Waals surface area contributed by atoms with Crippen LogP contribution in [0.2, 0.25) is 0 Å². The number of hydrogen-bond donors (Lipinski definition) is 2. The summed E-state index contributed by atoms with van der Waals surface area (Å²) in [7, 11) is 0. The van der Waals surface area contributed by atoms with E-state index in [4.69, 9.17) is 9.47 Å². The first-order valence-corrected chi connectivity index (χ1v) is 11.1. The minimum Gasteiger partial charge on any atom is -0.507 e. The Kier molecular flexibility index (Phi) is 6.24. The number of carbonyl (C=O) groups excluding carboxylic acids is 3. The van der Waals surface area contributed by atoms with E-state index in [0.29, 0.717) is 6.42 Å². The Labute approximate surface area is 183 Å². The van der Waals surface area contributed by atoms with Crippen LogP contribution in [0.25, 0.3) is 0 Å². The lowest BCUT2D eigenvalue weighted by Gasteiger charge is -2.58. The van der Waals surface area contributed by atoms with Crippen molar-refractivity contribution in [2.75, 3.05) is 13.2 Å². The van der Waals surface area contributed by atoms with Gasteiger partial charge in [0.25, 0.3) is 0 Å². The molecule has 3 aliphatic rings. The number of rotatable bonds is 5. The molecule has 2 N–H and O–H groups in total. The molecule has 4 unspecified atom stereocenters. The third kappa shape index (κ3) is 3.65. The van der Waals surface area contributed by atoms with Crippen molar-refractivity contribution in [2.24, 2.45) is 22.7 Å². The molecule has 0 aromatic carbocycles. The van der Waals surface area contributed by atoms with Crippen LogP contribution < -0.4 is 0 Å². The molecule has 0 heterocycles. The second kappa shape index (κ2) is 8.17. The number of allylic oxidation sites excluding steroid dienone is 1. The van der Waals surface area contributed by atoms with Gasteiger partial charge in [-0.2, -0.15) is 0 Å². The molecule has 0 amide bonds. The molecule has 0 aliphatic heterocycles. The Hall–Kier alpha value is -1.99. The monoisotopic (exact) mass is 434 g/mol. The molecule has 31 heavy (non-hydrogen) atoms. The van der Waals surface area contributed by atoms with E-state index >= 15 is 0 Å². The maximum absolute atomic E-state index is 13.5. The fraction of sp³-hybridized carbons (Fsp3) is 0.708. The number of aliphatic hydroxyl groups is 2. The second-order valence-electron chi connectivity index (χ2n) is 10.0. The zero-order valence-corrected chi connectivity index (χ0v) is 19.3. The predicted molar refractivity (Wildman–Crippen MR) is 113 cm³/mol. The summed E-state index contributed by atoms with van der Waals surface area (Å²) in [5, 5.41) is 22.7. The van der Waals surface area contributed by atoms with Crippen molar-refractivity contribution in [3.63, 3.8) is 0 Å². The summed E-state index contributed by atoms with van der Waals surface area (Å²) in [6, 6.07) is 0. The number of hydrogen-bond acceptors (Lipinski definition) is 7. The Morgan fingerprint density at radius 3 is 2.42 bits per heavy atom. The minimum atomic E-state index is -0.938. The Bertz CT molecular complexity index is 865. The minimum absolute atomic E-state index is 0.0842. The van der Waals surface area contributed by atoms with Gasteiger partial charge in [-0.05, 0) is 25.2 Å². The highest BCUT2D eigenvalue weighted by atomic mass is 16.5. The fourth-order valence-corrected chi connectivity index (χ4v) is 6.27. The van der Waals surface area contributed by atoms with Gasteiger partial charge in [0.15, 0.2) is 0 Å². The highest BCUT2D eigenvalue weighted by Crippen LogP contribution is 2.61. The normalized spacial score (nSPS) is 33.7. The predicted octanol–water partition coefficient (Wildman–Crippen LogP) is 3.06. The van der Waals surface area contributed by atoms with Gasteiger partial charge in [0.2, 0.25) is 11.6 Å². The van der Waals surface area contributed by atoms with Gasteiger partial charge in [-0.1, -0.05) is 34.1 Å². The van der Waals surface area contributed by atoms with Crippen LogP contribution >= 0.6 is 0 Å². The highest BCUT2D eigenvalue weighted by molar-refractivity contribution is 6.50. The molecular weight excluding hydrogens is 400 g/mol. The molecule has 0 radical (unpaired) electrons. The Morgan fingerprint density at radius 2 is 1.84 bits per heavy atom. The summed E-state index contributed by atoms with van der Waals surface area (Å²) in [6.07, 6.45) is 0.529. The number of fused-ring (bicyclic) bond motifs is 2. The zero-order chi connectivity index (χ0) is 23.3. The number of aliphatic hydroxyl groups excluding tert-OH is 2. The summed E-state index contributed by atoms with van der Waals surface area (Å²) in [4.78, 5) is 37.9. The number of carbonyl (C=O) groups is 3. The quantitative estimate of drug-likeness (QED) is 0.389. The van der Waals surface area contributed by atoms with Gasteiger partial charge in [0.1, 0.15) is 11.9 Å². The molecule has 7 nitrogen and oxygen atoms in total. The summed E-state index contributed by atoms with van der Waals surface area (Å²) in [5.74, 6) is -3.23. The lowest BCUT2D eigenvalue weighted by Crippen LogP contribution is -2.60. The smallest absolute Gasteiger partial charge is 0.302 e. The first-order valence-electron chi connectivity index (χ1n) is 11.1. The number of ether oxygens (including phenoxy) is 2. The van der Waals surface area contributed by atoms with E-state index in [1.54, 1.807) is 13.8 Å². The summed E-state index contributed by atoms with van der Waals surface area (Å²) in [6.45, 7) is 10.9. The van der Waals surface area contributed by atoms with Crippen LogP contribution in [0, 0.1) is 22.7 Å². The molecule has 5 atom stereocenters. The third-order valence-corrected chi connectivity index (χ3v) is 7.39. The molecule has 1 fully saturated rings. The van der Waals surface area contributed by atoms with Crippen LogP contribution in [0.15, 0.2) is 22.5 Å². The molecule has 172 valence electrons.